The first-order valence-corrected chi connectivity index (χ1v) is 7.92. The fourth-order valence-electron chi connectivity index (χ4n) is 2.43. The molecule has 1 aromatic heterocycles. The van der Waals surface area contributed by atoms with Gasteiger partial charge < -0.3 is 16.0 Å². The van der Waals surface area contributed by atoms with Crippen LogP contribution < -0.4 is 16.0 Å². The number of rotatable bonds is 5. The minimum absolute atomic E-state index is 0.171. The van der Waals surface area contributed by atoms with Crippen LogP contribution >= 0.6 is 0 Å². The van der Waals surface area contributed by atoms with Crippen LogP contribution in [-0.2, 0) is 9.59 Å². The van der Waals surface area contributed by atoms with Gasteiger partial charge in [0.15, 0.2) is 5.69 Å². The lowest BCUT2D eigenvalue weighted by atomic mass is 10.2. The third-order valence-electron chi connectivity index (χ3n) is 3.58. The summed E-state index contributed by atoms with van der Waals surface area (Å²) in [6, 6.07) is 13.9. The minimum atomic E-state index is -0.432. The number of anilines is 2. The van der Waals surface area contributed by atoms with Gasteiger partial charge in [-0.2, -0.15) is 5.10 Å². The van der Waals surface area contributed by atoms with Crippen molar-refractivity contribution in [1.82, 2.24) is 15.5 Å². The van der Waals surface area contributed by atoms with Crippen molar-refractivity contribution < 1.29 is 14.4 Å². The normalized spacial score (nSPS) is 10.3. The van der Waals surface area contributed by atoms with Gasteiger partial charge in [0, 0.05) is 23.7 Å². The van der Waals surface area contributed by atoms with E-state index < -0.39 is 5.91 Å². The van der Waals surface area contributed by atoms with Gasteiger partial charge in [-0.3, -0.25) is 19.5 Å². The van der Waals surface area contributed by atoms with Crippen LogP contribution in [0.1, 0.15) is 17.4 Å². The number of H-pyrrole nitrogens is 1. The fourth-order valence-corrected chi connectivity index (χ4v) is 2.43. The zero-order valence-electron chi connectivity index (χ0n) is 14.0. The number of fused-ring (bicyclic) bond motifs is 1. The number of hydrogen-bond donors (Lipinski definition) is 4. The molecule has 0 radical (unpaired) electrons. The van der Waals surface area contributed by atoms with Gasteiger partial charge in [-0.05, 0) is 30.3 Å². The summed E-state index contributed by atoms with van der Waals surface area (Å²) < 4.78 is 0. The molecule has 3 aromatic rings. The Bertz CT molecular complexity index is 962. The Morgan fingerprint density at radius 1 is 0.962 bits per heavy atom. The molecule has 0 saturated carbocycles. The Hall–Kier alpha value is -3.68. The molecule has 8 nitrogen and oxygen atoms in total. The Labute approximate surface area is 149 Å². The summed E-state index contributed by atoms with van der Waals surface area (Å²) >= 11 is 0. The molecule has 0 unspecified atom stereocenters. The molecule has 0 atom stereocenters. The molecule has 4 N–H and O–H groups in total. The number of hydrogen-bond acceptors (Lipinski definition) is 4. The molecule has 0 spiro atoms. The first-order valence-electron chi connectivity index (χ1n) is 7.92. The van der Waals surface area contributed by atoms with Crippen LogP contribution in [0.15, 0.2) is 48.5 Å². The lowest BCUT2D eigenvalue weighted by Gasteiger charge is -2.07. The highest BCUT2D eigenvalue weighted by Gasteiger charge is 2.14. The third kappa shape index (κ3) is 4.04. The average molecular weight is 351 g/mol. The van der Waals surface area contributed by atoms with Crippen LogP contribution in [0.4, 0.5) is 11.4 Å². The second kappa shape index (κ2) is 7.47. The van der Waals surface area contributed by atoms with E-state index in [0.717, 1.165) is 5.52 Å². The predicted octanol–water partition coefficient (Wildman–Crippen LogP) is 1.89. The van der Waals surface area contributed by atoms with Crippen molar-refractivity contribution in [2.24, 2.45) is 0 Å². The summed E-state index contributed by atoms with van der Waals surface area (Å²) in [6.07, 6.45) is 0. The zero-order valence-corrected chi connectivity index (χ0v) is 14.0. The highest BCUT2D eigenvalue weighted by Crippen LogP contribution is 2.15. The maximum absolute atomic E-state index is 12.2. The van der Waals surface area contributed by atoms with E-state index in [2.05, 4.69) is 26.1 Å². The molecular formula is C18H17N5O3. The third-order valence-corrected chi connectivity index (χ3v) is 3.58. The zero-order chi connectivity index (χ0) is 18.5. The highest BCUT2D eigenvalue weighted by atomic mass is 16.2. The first kappa shape index (κ1) is 17.2. The van der Waals surface area contributed by atoms with Gasteiger partial charge >= 0.3 is 0 Å². The van der Waals surface area contributed by atoms with Gasteiger partial charge in [0.25, 0.3) is 5.91 Å². The highest BCUT2D eigenvalue weighted by molar-refractivity contribution is 6.06. The molecule has 0 aliphatic carbocycles. The van der Waals surface area contributed by atoms with E-state index in [1.54, 1.807) is 30.3 Å². The Morgan fingerprint density at radius 3 is 2.31 bits per heavy atom. The quantitative estimate of drug-likeness (QED) is 0.562. The monoisotopic (exact) mass is 351 g/mol. The van der Waals surface area contributed by atoms with Crippen LogP contribution in [0.25, 0.3) is 10.9 Å². The summed E-state index contributed by atoms with van der Waals surface area (Å²) in [6.45, 7) is 1.23. The molecule has 0 fully saturated rings. The van der Waals surface area contributed by atoms with Crippen LogP contribution in [0, 0.1) is 0 Å². The van der Waals surface area contributed by atoms with Crippen molar-refractivity contribution >= 4 is 40.0 Å². The molecule has 0 aliphatic rings. The van der Waals surface area contributed by atoms with Crippen molar-refractivity contribution in [1.29, 1.82) is 0 Å². The molecule has 1 heterocycles. The molecule has 0 bridgehead atoms. The van der Waals surface area contributed by atoms with Gasteiger partial charge in [-0.25, -0.2) is 0 Å². The smallest absolute Gasteiger partial charge is 0.272 e. The van der Waals surface area contributed by atoms with Gasteiger partial charge in [0.05, 0.1) is 12.1 Å². The number of carbonyl (C=O) groups is 3. The van der Waals surface area contributed by atoms with Crippen molar-refractivity contribution in [3.63, 3.8) is 0 Å². The lowest BCUT2D eigenvalue weighted by molar-refractivity contribution is -0.115. The molecule has 26 heavy (non-hydrogen) atoms. The van der Waals surface area contributed by atoms with Gasteiger partial charge in [0.1, 0.15) is 0 Å². The Kier molecular flexibility index (Phi) is 4.93. The van der Waals surface area contributed by atoms with Gasteiger partial charge in [0.2, 0.25) is 11.8 Å². The van der Waals surface area contributed by atoms with E-state index >= 15 is 0 Å². The second-order valence-corrected chi connectivity index (χ2v) is 5.61. The summed E-state index contributed by atoms with van der Waals surface area (Å²) in [5.74, 6) is -0.973. The molecule has 132 valence electrons. The van der Waals surface area contributed by atoms with E-state index in [0.29, 0.717) is 16.8 Å². The summed E-state index contributed by atoms with van der Waals surface area (Å²) in [5, 5.41) is 15.3. The number of benzene rings is 2. The van der Waals surface area contributed by atoms with E-state index in [1.165, 1.54) is 6.92 Å². The van der Waals surface area contributed by atoms with Crippen molar-refractivity contribution in [2.75, 3.05) is 17.2 Å². The lowest BCUT2D eigenvalue weighted by Crippen LogP contribution is -2.33. The van der Waals surface area contributed by atoms with E-state index in [1.807, 2.05) is 18.2 Å². The predicted molar refractivity (Wildman–Crippen MR) is 97.8 cm³/mol. The van der Waals surface area contributed by atoms with Gasteiger partial charge in [-0.15, -0.1) is 0 Å². The SMILES string of the molecule is CC(=O)Nc1ccc(NC(=O)CNC(=O)c2n[nH]c3ccccc23)cc1. The summed E-state index contributed by atoms with van der Waals surface area (Å²) in [7, 11) is 0. The van der Waals surface area contributed by atoms with Crippen molar-refractivity contribution in [3.05, 3.63) is 54.2 Å². The van der Waals surface area contributed by atoms with Crippen LogP contribution in [0.5, 0.6) is 0 Å². The Morgan fingerprint density at radius 2 is 1.62 bits per heavy atom. The second-order valence-electron chi connectivity index (χ2n) is 5.61. The summed E-state index contributed by atoms with van der Waals surface area (Å²) in [5.41, 5.74) is 2.19. The number of nitrogens with one attached hydrogen (secondary N) is 4. The first-order chi connectivity index (χ1) is 12.5. The number of para-hydroxylation sites is 1. The number of amides is 3. The summed E-state index contributed by atoms with van der Waals surface area (Å²) in [4.78, 5) is 35.2. The fraction of sp³-hybridized carbons (Fsp3) is 0.111. The van der Waals surface area contributed by atoms with Gasteiger partial charge in [-0.1, -0.05) is 18.2 Å². The maximum atomic E-state index is 12.2. The molecule has 2 aromatic carbocycles. The minimum Gasteiger partial charge on any atom is -0.342 e. The maximum Gasteiger partial charge on any atom is 0.272 e. The van der Waals surface area contributed by atoms with Crippen LogP contribution in [0.3, 0.4) is 0 Å². The van der Waals surface area contributed by atoms with Crippen molar-refractivity contribution in [2.45, 2.75) is 6.92 Å². The molecule has 0 aliphatic heterocycles. The molecule has 0 saturated heterocycles. The number of nitrogens with zero attached hydrogens (tertiary/aromatic N) is 1. The average Bonchev–Trinajstić information content (AvgIpc) is 3.05. The number of carbonyl (C=O) groups excluding carboxylic acids is 3. The van der Waals surface area contributed by atoms with E-state index in [4.69, 9.17) is 0 Å². The molecule has 8 heteroatoms. The van der Waals surface area contributed by atoms with E-state index in [9.17, 15) is 14.4 Å². The van der Waals surface area contributed by atoms with Crippen LogP contribution in [-0.4, -0.2) is 34.5 Å². The van der Waals surface area contributed by atoms with Crippen molar-refractivity contribution in [3.8, 4) is 0 Å². The van der Waals surface area contributed by atoms with E-state index in [-0.39, 0.29) is 24.1 Å². The largest absolute Gasteiger partial charge is 0.342 e. The molecule has 3 rings (SSSR count). The standard InChI is InChI=1S/C18H17N5O3/c1-11(24)20-12-6-8-13(9-7-12)21-16(25)10-19-18(26)17-14-4-2-3-5-15(14)22-23-17/h2-9H,10H2,1H3,(H,19,26)(H,20,24)(H,21,25)(H,22,23). The van der Waals surface area contributed by atoms with Crippen LogP contribution in [0.2, 0.25) is 0 Å². The Balaban J connectivity index is 1.55. The topological polar surface area (TPSA) is 116 Å². The number of aromatic nitrogens is 2. The molecular weight excluding hydrogens is 334 g/mol. The molecule has 3 amide bonds. The number of aromatic amines is 1.